The van der Waals surface area contributed by atoms with Gasteiger partial charge in [-0.05, 0) is 44.0 Å². The van der Waals surface area contributed by atoms with Crippen molar-refractivity contribution in [1.82, 2.24) is 35.6 Å². The van der Waals surface area contributed by atoms with Gasteiger partial charge in [-0.2, -0.15) is 10.2 Å². The fourth-order valence-corrected chi connectivity index (χ4v) is 4.98. The third-order valence-electron chi connectivity index (χ3n) is 6.64. The number of H-pyrrole nitrogens is 2. The number of aromatic nitrogens is 5. The minimum Gasteiger partial charge on any atom is -0.351 e. The third kappa shape index (κ3) is 4.29. The van der Waals surface area contributed by atoms with Crippen molar-refractivity contribution in [2.24, 2.45) is 5.92 Å². The van der Waals surface area contributed by atoms with Crippen LogP contribution in [0.2, 0.25) is 0 Å². The largest absolute Gasteiger partial charge is 0.351 e. The molecule has 1 saturated heterocycles. The lowest BCUT2D eigenvalue weighted by molar-refractivity contribution is -0.125. The molecule has 32 heavy (non-hydrogen) atoms. The quantitative estimate of drug-likeness (QED) is 0.550. The van der Waals surface area contributed by atoms with Crippen LogP contribution in [0.5, 0.6) is 0 Å². The van der Waals surface area contributed by atoms with Gasteiger partial charge in [0.25, 0.3) is 0 Å². The van der Waals surface area contributed by atoms with Crippen molar-refractivity contribution in [2.75, 3.05) is 13.1 Å². The van der Waals surface area contributed by atoms with E-state index in [1.165, 1.54) is 12.1 Å². The highest BCUT2D eigenvalue weighted by Crippen LogP contribution is 2.31. The van der Waals surface area contributed by atoms with E-state index < -0.39 is 0 Å². The first-order valence-corrected chi connectivity index (χ1v) is 11.3. The molecule has 3 heterocycles. The second kappa shape index (κ2) is 8.82. The summed E-state index contributed by atoms with van der Waals surface area (Å²) < 4.78 is 13.3. The van der Waals surface area contributed by atoms with E-state index in [1.807, 2.05) is 13.1 Å². The summed E-state index contributed by atoms with van der Waals surface area (Å²) >= 11 is 0. The molecule has 3 aromatic rings. The second-order valence-corrected chi connectivity index (χ2v) is 8.95. The molecule has 1 saturated carbocycles. The lowest BCUT2D eigenvalue weighted by Gasteiger charge is -2.20. The molecule has 0 radical (unpaired) electrons. The Bertz CT molecular complexity index is 1070. The monoisotopic (exact) mass is 437 g/mol. The molecule has 0 bridgehead atoms. The highest BCUT2D eigenvalue weighted by atomic mass is 19.1. The molecular formula is C23H28FN7O. The number of aromatic amines is 2. The van der Waals surface area contributed by atoms with Crippen LogP contribution in [0.15, 0.2) is 30.5 Å². The highest BCUT2D eigenvalue weighted by Gasteiger charge is 2.38. The van der Waals surface area contributed by atoms with Crippen molar-refractivity contribution in [2.45, 2.75) is 51.1 Å². The molecule has 3 N–H and O–H groups in total. The summed E-state index contributed by atoms with van der Waals surface area (Å²) in [5.41, 5.74) is 2.81. The summed E-state index contributed by atoms with van der Waals surface area (Å²) in [6.45, 7) is 4.00. The van der Waals surface area contributed by atoms with Gasteiger partial charge in [-0.25, -0.2) is 9.37 Å². The summed E-state index contributed by atoms with van der Waals surface area (Å²) in [6, 6.07) is 6.36. The van der Waals surface area contributed by atoms with E-state index in [-0.39, 0.29) is 29.6 Å². The molecule has 2 atom stereocenters. The van der Waals surface area contributed by atoms with Crippen LogP contribution in [0, 0.1) is 18.7 Å². The van der Waals surface area contributed by atoms with Crippen molar-refractivity contribution in [3.63, 3.8) is 0 Å². The van der Waals surface area contributed by atoms with Crippen molar-refractivity contribution < 1.29 is 9.18 Å². The number of benzene rings is 1. The number of carbonyl (C=O) groups excluding carboxylic acids is 1. The molecule has 2 fully saturated rings. The molecule has 9 heteroatoms. The zero-order valence-electron chi connectivity index (χ0n) is 18.1. The van der Waals surface area contributed by atoms with E-state index in [9.17, 15) is 9.18 Å². The van der Waals surface area contributed by atoms with Gasteiger partial charge in [0.2, 0.25) is 5.91 Å². The number of amides is 1. The maximum atomic E-state index is 13.3. The maximum absolute atomic E-state index is 13.3. The third-order valence-corrected chi connectivity index (χ3v) is 6.64. The number of aryl methyl sites for hydroxylation is 1. The molecule has 2 aromatic heterocycles. The first-order chi connectivity index (χ1) is 15.6. The molecule has 8 nitrogen and oxygen atoms in total. The van der Waals surface area contributed by atoms with E-state index in [1.54, 1.807) is 12.1 Å². The van der Waals surface area contributed by atoms with Gasteiger partial charge < -0.3 is 5.32 Å². The lowest BCUT2D eigenvalue weighted by Crippen LogP contribution is -2.42. The normalized spacial score (nSPS) is 21.9. The average molecular weight is 438 g/mol. The summed E-state index contributed by atoms with van der Waals surface area (Å²) in [6.07, 6.45) is 6.02. The van der Waals surface area contributed by atoms with Gasteiger partial charge in [-0.15, -0.1) is 0 Å². The van der Waals surface area contributed by atoms with Crippen molar-refractivity contribution in [3.8, 4) is 11.3 Å². The van der Waals surface area contributed by atoms with Gasteiger partial charge >= 0.3 is 0 Å². The zero-order chi connectivity index (χ0) is 22.1. The smallest absolute Gasteiger partial charge is 0.223 e. The number of carbonyl (C=O) groups is 1. The Balaban J connectivity index is 1.33. The number of halogens is 1. The maximum Gasteiger partial charge on any atom is 0.223 e. The molecular weight excluding hydrogens is 409 g/mol. The molecule has 1 amide bonds. The fraction of sp³-hybridized carbons (Fsp3) is 0.478. The summed E-state index contributed by atoms with van der Waals surface area (Å²) in [7, 11) is 0. The van der Waals surface area contributed by atoms with Crippen LogP contribution in [-0.4, -0.2) is 55.3 Å². The second-order valence-electron chi connectivity index (χ2n) is 8.95. The predicted molar refractivity (Wildman–Crippen MR) is 117 cm³/mol. The molecule has 1 aliphatic carbocycles. The Morgan fingerprint density at radius 3 is 2.69 bits per heavy atom. The van der Waals surface area contributed by atoms with Crippen LogP contribution in [0.3, 0.4) is 0 Å². The van der Waals surface area contributed by atoms with E-state index in [4.69, 9.17) is 0 Å². The van der Waals surface area contributed by atoms with E-state index in [0.717, 1.165) is 60.7 Å². The van der Waals surface area contributed by atoms with E-state index >= 15 is 0 Å². The summed E-state index contributed by atoms with van der Waals surface area (Å²) in [5, 5.41) is 17.9. The topological polar surface area (TPSA) is 103 Å². The summed E-state index contributed by atoms with van der Waals surface area (Å²) in [4.78, 5) is 19.7. The minimum absolute atomic E-state index is 0.0199. The molecule has 0 spiro atoms. The number of hydrogen-bond donors (Lipinski definition) is 3. The molecule has 5 rings (SSSR count). The van der Waals surface area contributed by atoms with Gasteiger partial charge in [0.15, 0.2) is 5.82 Å². The first-order valence-electron chi connectivity index (χ1n) is 11.3. The van der Waals surface area contributed by atoms with Crippen LogP contribution in [0.25, 0.3) is 11.3 Å². The molecule has 0 unspecified atom stereocenters. The minimum atomic E-state index is -0.264. The van der Waals surface area contributed by atoms with Crippen LogP contribution < -0.4 is 5.32 Å². The van der Waals surface area contributed by atoms with Crippen LogP contribution >= 0.6 is 0 Å². The molecule has 2 aliphatic rings. The Morgan fingerprint density at radius 2 is 1.97 bits per heavy atom. The number of hydrogen-bond acceptors (Lipinski definition) is 5. The van der Waals surface area contributed by atoms with Crippen molar-refractivity contribution in [1.29, 1.82) is 0 Å². The van der Waals surface area contributed by atoms with Gasteiger partial charge in [-0.3, -0.25) is 19.9 Å². The SMILES string of the molecule is Cc1nc([C@@H]2CN(Cc3cn[nH]c3-c3ccc(F)cc3)C[C@H]2NC(=O)C2CCCC2)n[nH]1. The standard InChI is InChI=1S/C23H28FN7O/c1-14-26-22(30-28-14)19-12-31(13-20(19)27-23(32)16-4-2-3-5-16)11-17-10-25-29-21(17)15-6-8-18(24)9-7-15/h6-10,16,19-20H,2-5,11-13H2,1H3,(H,25,29)(H,27,32)(H,26,28,30)/t19-,20-/m1/s1. The number of likely N-dealkylation sites (tertiary alicyclic amines) is 1. The fourth-order valence-electron chi connectivity index (χ4n) is 4.98. The lowest BCUT2D eigenvalue weighted by atomic mass is 10.0. The van der Waals surface area contributed by atoms with Gasteiger partial charge in [0.1, 0.15) is 11.6 Å². The van der Waals surface area contributed by atoms with Gasteiger partial charge in [0, 0.05) is 36.7 Å². The number of nitrogens with zero attached hydrogens (tertiary/aromatic N) is 4. The van der Waals surface area contributed by atoms with E-state index in [2.05, 4.69) is 35.6 Å². The summed E-state index contributed by atoms with van der Waals surface area (Å²) in [5.74, 6) is 1.55. The average Bonchev–Trinajstić information content (AvgIpc) is 3.56. The van der Waals surface area contributed by atoms with Crippen molar-refractivity contribution >= 4 is 5.91 Å². The molecule has 1 aromatic carbocycles. The number of rotatable bonds is 6. The van der Waals surface area contributed by atoms with Crippen molar-refractivity contribution in [3.05, 3.63) is 53.5 Å². The van der Waals surface area contributed by atoms with Gasteiger partial charge in [-0.1, -0.05) is 12.8 Å². The van der Waals surface area contributed by atoms with E-state index in [0.29, 0.717) is 13.1 Å². The molecule has 168 valence electrons. The number of nitrogens with one attached hydrogen (secondary N) is 3. The Kier molecular flexibility index (Phi) is 5.73. The Labute approximate surface area is 186 Å². The molecule has 1 aliphatic heterocycles. The van der Waals surface area contributed by atoms with Crippen LogP contribution in [0.1, 0.15) is 48.8 Å². The zero-order valence-corrected chi connectivity index (χ0v) is 18.1. The van der Waals surface area contributed by atoms with Crippen LogP contribution in [-0.2, 0) is 11.3 Å². The highest BCUT2D eigenvalue weighted by molar-refractivity contribution is 5.79. The van der Waals surface area contributed by atoms with Gasteiger partial charge in [0.05, 0.1) is 23.9 Å². The Morgan fingerprint density at radius 1 is 1.19 bits per heavy atom. The Hall–Kier alpha value is -3.07. The van der Waals surface area contributed by atoms with Crippen LogP contribution in [0.4, 0.5) is 4.39 Å². The predicted octanol–water partition coefficient (Wildman–Crippen LogP) is 2.92. The first kappa shape index (κ1) is 20.8.